The molecule has 0 radical (unpaired) electrons. The zero-order valence-electron chi connectivity index (χ0n) is 11.8. The number of nitrogens with two attached hydrogens (primary N) is 1. The predicted octanol–water partition coefficient (Wildman–Crippen LogP) is 2.81. The Morgan fingerprint density at radius 1 is 1.42 bits per heavy atom. The summed E-state index contributed by atoms with van der Waals surface area (Å²) in [6.45, 7) is 7.50. The number of nitrogens with zero attached hydrogens (tertiary/aromatic N) is 2. The van der Waals surface area contributed by atoms with Gasteiger partial charge in [-0.15, -0.1) is 0 Å². The number of rotatable bonds is 5. The standard InChI is InChI=1S/C15H21N3O/c1-4-18-8-7-17-15(18)10-19-14-6-5-13(12(3)16)9-11(14)2/h5-9,12H,4,10,16H2,1-3H3/t12-/m1/s1. The lowest BCUT2D eigenvalue weighted by molar-refractivity contribution is 0.288. The third-order valence-corrected chi connectivity index (χ3v) is 3.22. The Morgan fingerprint density at radius 3 is 2.84 bits per heavy atom. The van der Waals surface area contributed by atoms with E-state index in [4.69, 9.17) is 10.5 Å². The normalized spacial score (nSPS) is 12.4. The molecule has 0 fully saturated rings. The van der Waals surface area contributed by atoms with Crippen molar-refractivity contribution in [2.24, 2.45) is 5.73 Å². The Balaban J connectivity index is 2.08. The van der Waals surface area contributed by atoms with E-state index in [-0.39, 0.29) is 6.04 Å². The van der Waals surface area contributed by atoms with Gasteiger partial charge in [0.2, 0.25) is 0 Å². The summed E-state index contributed by atoms with van der Waals surface area (Å²) < 4.78 is 7.91. The SMILES string of the molecule is CCn1ccnc1COc1ccc([C@@H](C)N)cc1C. The lowest BCUT2D eigenvalue weighted by Crippen LogP contribution is -2.07. The van der Waals surface area contributed by atoms with Crippen LogP contribution in [-0.4, -0.2) is 9.55 Å². The summed E-state index contributed by atoms with van der Waals surface area (Å²) >= 11 is 0. The predicted molar refractivity (Wildman–Crippen MR) is 76.0 cm³/mol. The Morgan fingerprint density at radius 2 is 2.21 bits per heavy atom. The van der Waals surface area contributed by atoms with Gasteiger partial charge in [-0.1, -0.05) is 12.1 Å². The van der Waals surface area contributed by atoms with Crippen LogP contribution < -0.4 is 10.5 Å². The number of benzene rings is 1. The van der Waals surface area contributed by atoms with E-state index in [1.165, 1.54) is 0 Å². The molecule has 1 atom stereocenters. The second-order valence-corrected chi connectivity index (χ2v) is 4.73. The second kappa shape index (κ2) is 5.89. The number of hydrogen-bond acceptors (Lipinski definition) is 3. The van der Waals surface area contributed by atoms with Gasteiger partial charge in [0.05, 0.1) is 0 Å². The molecule has 2 aromatic rings. The maximum atomic E-state index is 5.87. The molecule has 1 aromatic carbocycles. The van der Waals surface area contributed by atoms with Crippen molar-refractivity contribution < 1.29 is 4.74 Å². The highest BCUT2D eigenvalue weighted by Gasteiger charge is 2.06. The molecule has 0 bridgehead atoms. The van der Waals surface area contributed by atoms with Crippen LogP contribution in [0.15, 0.2) is 30.6 Å². The van der Waals surface area contributed by atoms with Gasteiger partial charge in [0, 0.05) is 25.0 Å². The minimum Gasteiger partial charge on any atom is -0.485 e. The van der Waals surface area contributed by atoms with E-state index in [0.717, 1.165) is 29.2 Å². The van der Waals surface area contributed by atoms with Crippen molar-refractivity contribution >= 4 is 0 Å². The van der Waals surface area contributed by atoms with Gasteiger partial charge in [-0.2, -0.15) is 0 Å². The molecule has 2 N–H and O–H groups in total. The fraction of sp³-hybridized carbons (Fsp3) is 0.400. The molecule has 4 nitrogen and oxygen atoms in total. The summed E-state index contributed by atoms with van der Waals surface area (Å²) in [4.78, 5) is 4.30. The van der Waals surface area contributed by atoms with Gasteiger partial charge in [0.1, 0.15) is 18.2 Å². The van der Waals surface area contributed by atoms with E-state index in [2.05, 4.69) is 22.5 Å². The highest BCUT2D eigenvalue weighted by molar-refractivity contribution is 5.37. The fourth-order valence-corrected chi connectivity index (χ4v) is 2.03. The van der Waals surface area contributed by atoms with Crippen LogP contribution in [0.5, 0.6) is 5.75 Å². The largest absolute Gasteiger partial charge is 0.485 e. The zero-order valence-corrected chi connectivity index (χ0v) is 11.8. The minimum atomic E-state index is 0.0479. The molecule has 0 spiro atoms. The molecule has 0 saturated carbocycles. The van der Waals surface area contributed by atoms with Crippen molar-refractivity contribution in [3.05, 3.63) is 47.5 Å². The molecule has 1 aromatic heterocycles. The summed E-state index contributed by atoms with van der Waals surface area (Å²) in [5.41, 5.74) is 8.09. The van der Waals surface area contributed by atoms with Crippen LogP contribution in [0.4, 0.5) is 0 Å². The first-order chi connectivity index (χ1) is 9.11. The van der Waals surface area contributed by atoms with Crippen molar-refractivity contribution in [3.63, 3.8) is 0 Å². The van der Waals surface area contributed by atoms with Crippen LogP contribution in [0.25, 0.3) is 0 Å². The van der Waals surface area contributed by atoms with Gasteiger partial charge in [-0.3, -0.25) is 0 Å². The van der Waals surface area contributed by atoms with E-state index in [0.29, 0.717) is 6.61 Å². The first-order valence-electron chi connectivity index (χ1n) is 6.60. The smallest absolute Gasteiger partial charge is 0.146 e. The molecule has 4 heteroatoms. The highest BCUT2D eigenvalue weighted by atomic mass is 16.5. The van der Waals surface area contributed by atoms with Crippen molar-refractivity contribution in [2.45, 2.75) is 40.0 Å². The van der Waals surface area contributed by atoms with Gasteiger partial charge in [0.25, 0.3) is 0 Å². The Kier molecular flexibility index (Phi) is 4.22. The Labute approximate surface area is 114 Å². The van der Waals surface area contributed by atoms with Crippen LogP contribution >= 0.6 is 0 Å². The van der Waals surface area contributed by atoms with E-state index in [1.807, 2.05) is 32.2 Å². The number of imidazole rings is 1. The van der Waals surface area contributed by atoms with Crippen LogP contribution in [0.2, 0.25) is 0 Å². The number of aryl methyl sites for hydroxylation is 2. The summed E-state index contributed by atoms with van der Waals surface area (Å²) in [5.74, 6) is 1.83. The van der Waals surface area contributed by atoms with Gasteiger partial charge < -0.3 is 15.0 Å². The second-order valence-electron chi connectivity index (χ2n) is 4.73. The van der Waals surface area contributed by atoms with Gasteiger partial charge in [0.15, 0.2) is 0 Å². The number of hydrogen-bond donors (Lipinski definition) is 1. The zero-order chi connectivity index (χ0) is 13.8. The molecule has 2 rings (SSSR count). The molecule has 0 saturated heterocycles. The number of aromatic nitrogens is 2. The maximum Gasteiger partial charge on any atom is 0.146 e. The van der Waals surface area contributed by atoms with Gasteiger partial charge in [-0.25, -0.2) is 4.98 Å². The van der Waals surface area contributed by atoms with Crippen molar-refractivity contribution in [2.75, 3.05) is 0 Å². The lowest BCUT2D eigenvalue weighted by Gasteiger charge is -2.12. The summed E-state index contributed by atoms with van der Waals surface area (Å²) in [6.07, 6.45) is 3.76. The third-order valence-electron chi connectivity index (χ3n) is 3.22. The Hall–Kier alpha value is -1.81. The van der Waals surface area contributed by atoms with Crippen LogP contribution in [0.3, 0.4) is 0 Å². The average Bonchev–Trinajstić information content (AvgIpc) is 2.84. The minimum absolute atomic E-state index is 0.0479. The molecule has 1 heterocycles. The summed E-state index contributed by atoms with van der Waals surface area (Å²) in [7, 11) is 0. The molecule has 102 valence electrons. The van der Waals surface area contributed by atoms with E-state index >= 15 is 0 Å². The first-order valence-corrected chi connectivity index (χ1v) is 6.60. The molecular weight excluding hydrogens is 238 g/mol. The summed E-state index contributed by atoms with van der Waals surface area (Å²) in [6, 6.07) is 6.12. The van der Waals surface area contributed by atoms with E-state index in [9.17, 15) is 0 Å². The molecular formula is C15H21N3O. The van der Waals surface area contributed by atoms with Gasteiger partial charge in [-0.05, 0) is 38.0 Å². The van der Waals surface area contributed by atoms with Crippen molar-refractivity contribution in [1.29, 1.82) is 0 Å². The highest BCUT2D eigenvalue weighted by Crippen LogP contribution is 2.22. The van der Waals surface area contributed by atoms with Crippen molar-refractivity contribution in [3.8, 4) is 5.75 Å². The quantitative estimate of drug-likeness (QED) is 0.898. The average molecular weight is 259 g/mol. The molecule has 0 aliphatic carbocycles. The number of ether oxygens (including phenoxy) is 1. The monoisotopic (exact) mass is 259 g/mol. The molecule has 0 unspecified atom stereocenters. The molecule has 0 aliphatic rings. The van der Waals surface area contributed by atoms with E-state index < -0.39 is 0 Å². The van der Waals surface area contributed by atoms with Crippen LogP contribution in [0.1, 0.15) is 36.8 Å². The molecule has 0 aliphatic heterocycles. The van der Waals surface area contributed by atoms with Crippen molar-refractivity contribution in [1.82, 2.24) is 9.55 Å². The fourth-order valence-electron chi connectivity index (χ4n) is 2.03. The Bertz CT molecular complexity index is 546. The van der Waals surface area contributed by atoms with Gasteiger partial charge >= 0.3 is 0 Å². The van der Waals surface area contributed by atoms with Crippen LogP contribution in [0, 0.1) is 6.92 Å². The lowest BCUT2D eigenvalue weighted by atomic mass is 10.1. The first kappa shape index (κ1) is 13.6. The topological polar surface area (TPSA) is 53.1 Å². The van der Waals surface area contributed by atoms with E-state index in [1.54, 1.807) is 6.20 Å². The third kappa shape index (κ3) is 3.15. The van der Waals surface area contributed by atoms with Crippen LogP contribution in [-0.2, 0) is 13.2 Å². The summed E-state index contributed by atoms with van der Waals surface area (Å²) in [5, 5.41) is 0. The molecule has 19 heavy (non-hydrogen) atoms. The maximum absolute atomic E-state index is 5.87. The molecule has 0 amide bonds.